The molecule has 0 amide bonds. The molecule has 1 unspecified atom stereocenters. The number of phosphoric ester groups is 1. The minimum Gasteiger partial charge on any atom is -0.749 e. The van der Waals surface area contributed by atoms with Crippen molar-refractivity contribution >= 4 is 19.2 Å². The lowest BCUT2D eigenvalue weighted by Gasteiger charge is -2.16. The van der Waals surface area contributed by atoms with Crippen LogP contribution in [0.15, 0.2) is 25.3 Å². The molecule has 6 nitrogen and oxygen atoms in total. The molecule has 0 fully saturated rings. The Morgan fingerprint density at radius 3 is 2.00 bits per heavy atom. The van der Waals surface area contributed by atoms with E-state index in [4.69, 9.17) is 0 Å². The third kappa shape index (κ3) is 6.20. The maximum atomic E-state index is 11.4. The molecule has 0 aromatic carbocycles. The van der Waals surface area contributed by atoms with Crippen molar-refractivity contribution in [2.45, 2.75) is 0 Å². The molecule has 0 aliphatic carbocycles. The zero-order valence-electron chi connectivity index (χ0n) is 7.29. The normalized spacial score (nSPS) is 13.5. The number of hydrogen-bond acceptors (Lipinski definition) is 6. The fraction of sp³-hybridized carbons (Fsp3) is 0.333. The first kappa shape index (κ1) is 13.7. The summed E-state index contributed by atoms with van der Waals surface area (Å²) in [7, 11) is -4.06. The van der Waals surface area contributed by atoms with Crippen LogP contribution in [-0.2, 0) is 28.9 Å². The lowest BCUT2D eigenvalue weighted by Crippen LogP contribution is -2.02. The van der Waals surface area contributed by atoms with Gasteiger partial charge in [0.15, 0.2) is 0 Å². The highest BCUT2D eigenvalue weighted by Gasteiger charge is 2.26. The summed E-state index contributed by atoms with van der Waals surface area (Å²) in [5.41, 5.74) is 0. The van der Waals surface area contributed by atoms with Crippen molar-refractivity contribution in [2.24, 2.45) is 0 Å². The largest absolute Gasteiger partial charge is 0.749 e. The molecule has 8 heteroatoms. The lowest BCUT2D eigenvalue weighted by atomic mass is 10.7. The minimum atomic E-state index is -4.06. The second kappa shape index (κ2) is 7.05. The van der Waals surface area contributed by atoms with E-state index in [1.807, 2.05) is 0 Å². The summed E-state index contributed by atoms with van der Waals surface area (Å²) in [6, 6.07) is 0. The van der Waals surface area contributed by atoms with E-state index in [0.717, 1.165) is 0 Å². The van der Waals surface area contributed by atoms with E-state index in [1.54, 1.807) is 0 Å². The first-order valence-corrected chi connectivity index (χ1v) is 5.90. The Morgan fingerprint density at radius 2 is 1.71 bits per heavy atom. The van der Waals surface area contributed by atoms with Gasteiger partial charge in [0, 0.05) is 0 Å². The zero-order valence-corrected chi connectivity index (χ0v) is 9.00. The first-order valence-electron chi connectivity index (χ1n) is 3.44. The molecule has 14 heavy (non-hydrogen) atoms. The molecule has 0 saturated carbocycles. The van der Waals surface area contributed by atoms with Gasteiger partial charge in [0.25, 0.3) is 0 Å². The molecule has 0 aliphatic rings. The van der Waals surface area contributed by atoms with E-state index in [-0.39, 0.29) is 13.2 Å². The Balaban J connectivity index is 4.31. The highest BCUT2D eigenvalue weighted by Crippen LogP contribution is 2.49. The van der Waals surface area contributed by atoms with Crippen molar-refractivity contribution in [3.8, 4) is 0 Å². The number of hydrogen-bond donors (Lipinski definition) is 0. The van der Waals surface area contributed by atoms with Gasteiger partial charge < -0.3 is 4.55 Å². The van der Waals surface area contributed by atoms with Crippen LogP contribution >= 0.6 is 7.82 Å². The van der Waals surface area contributed by atoms with E-state index in [2.05, 4.69) is 26.2 Å². The van der Waals surface area contributed by atoms with Gasteiger partial charge in [-0.3, -0.25) is 9.05 Å². The molecule has 0 bridgehead atoms. The van der Waals surface area contributed by atoms with E-state index in [9.17, 15) is 13.3 Å². The molecule has 0 aliphatic heterocycles. The Morgan fingerprint density at radius 1 is 1.29 bits per heavy atom. The van der Waals surface area contributed by atoms with Gasteiger partial charge in [0.1, 0.15) is 0 Å². The van der Waals surface area contributed by atoms with Crippen LogP contribution in [0.2, 0.25) is 0 Å². The highest BCUT2D eigenvalue weighted by molar-refractivity contribution is 7.79. The van der Waals surface area contributed by atoms with Crippen molar-refractivity contribution < 1.29 is 26.3 Å². The average Bonchev–Trinajstić information content (AvgIpc) is 2.11. The summed E-state index contributed by atoms with van der Waals surface area (Å²) < 4.78 is 44.7. The van der Waals surface area contributed by atoms with Gasteiger partial charge in [0.2, 0.25) is 0 Å². The zero-order chi connectivity index (χ0) is 11.0. The van der Waals surface area contributed by atoms with E-state index >= 15 is 0 Å². The van der Waals surface area contributed by atoms with Gasteiger partial charge >= 0.3 is 7.82 Å². The topological polar surface area (TPSA) is 84.9 Å². The molecule has 0 aromatic heterocycles. The molecule has 0 N–H and O–H groups in total. The van der Waals surface area contributed by atoms with E-state index < -0.39 is 19.2 Å². The van der Waals surface area contributed by atoms with Crippen LogP contribution < -0.4 is 0 Å². The Bertz CT molecular complexity index is 249. The third-order valence-corrected chi connectivity index (χ3v) is 3.00. The fourth-order valence-corrected chi connectivity index (χ4v) is 2.03. The maximum absolute atomic E-state index is 11.4. The quantitative estimate of drug-likeness (QED) is 0.362. The molecular formula is C6H10O6PS-. The van der Waals surface area contributed by atoms with Crippen molar-refractivity contribution in [3.05, 3.63) is 25.3 Å². The van der Waals surface area contributed by atoms with Gasteiger partial charge in [0.05, 0.1) is 24.6 Å². The summed E-state index contributed by atoms with van der Waals surface area (Å²) in [6.07, 6.45) is 2.56. The summed E-state index contributed by atoms with van der Waals surface area (Å²) in [4.78, 5) is 0. The SMILES string of the molecule is C=CCOP(=O)(OCC=C)OS(=O)[O-]. The molecular weight excluding hydrogens is 231 g/mol. The van der Waals surface area contributed by atoms with Crippen LogP contribution in [0, 0.1) is 0 Å². The predicted octanol–water partition coefficient (Wildman–Crippen LogP) is 1.31. The standard InChI is InChI=1S/C6H11O6PS/c1-3-5-10-13(7,11-6-4-2)12-14(8)9/h3-4H,1-2,5-6H2,(H,8,9)/p-1. The van der Waals surface area contributed by atoms with Crippen LogP contribution in [0.3, 0.4) is 0 Å². The monoisotopic (exact) mass is 241 g/mol. The van der Waals surface area contributed by atoms with Crippen LogP contribution in [-0.4, -0.2) is 22.0 Å². The summed E-state index contributed by atoms with van der Waals surface area (Å²) in [6.45, 7) is 6.29. The Kier molecular flexibility index (Phi) is 6.90. The van der Waals surface area contributed by atoms with Gasteiger partial charge in [-0.05, 0) is 0 Å². The second-order valence-corrected chi connectivity index (χ2v) is 4.31. The molecule has 0 rings (SSSR count). The lowest BCUT2D eigenvalue weighted by molar-refractivity contribution is 0.181. The molecule has 0 saturated heterocycles. The van der Waals surface area contributed by atoms with Gasteiger partial charge in [-0.15, -0.1) is 13.2 Å². The number of rotatable bonds is 8. The highest BCUT2D eigenvalue weighted by atomic mass is 32.2. The summed E-state index contributed by atoms with van der Waals surface area (Å²) in [5.74, 6) is 0. The summed E-state index contributed by atoms with van der Waals surface area (Å²) in [5, 5.41) is 0. The first-order chi connectivity index (χ1) is 6.54. The van der Waals surface area contributed by atoms with Crippen molar-refractivity contribution in [1.82, 2.24) is 0 Å². The molecule has 0 spiro atoms. The molecule has 1 atom stereocenters. The van der Waals surface area contributed by atoms with Crippen LogP contribution in [0.1, 0.15) is 0 Å². The Labute approximate surface area is 84.7 Å². The predicted molar refractivity (Wildman–Crippen MR) is 49.9 cm³/mol. The van der Waals surface area contributed by atoms with Crippen LogP contribution in [0.25, 0.3) is 0 Å². The Hall–Kier alpha value is -0.300. The van der Waals surface area contributed by atoms with E-state index in [0.29, 0.717) is 0 Å². The molecule has 0 radical (unpaired) electrons. The van der Waals surface area contributed by atoms with Gasteiger partial charge in [-0.25, -0.2) is 8.77 Å². The maximum Gasteiger partial charge on any atom is 0.487 e. The average molecular weight is 241 g/mol. The minimum absolute atomic E-state index is 0.147. The third-order valence-electron chi connectivity index (χ3n) is 0.853. The van der Waals surface area contributed by atoms with Gasteiger partial charge in [-0.1, -0.05) is 12.2 Å². The van der Waals surface area contributed by atoms with Crippen LogP contribution in [0.4, 0.5) is 0 Å². The van der Waals surface area contributed by atoms with Crippen molar-refractivity contribution in [3.63, 3.8) is 0 Å². The van der Waals surface area contributed by atoms with Crippen LogP contribution in [0.5, 0.6) is 0 Å². The molecule has 82 valence electrons. The molecule has 0 aromatic rings. The smallest absolute Gasteiger partial charge is 0.487 e. The summed E-state index contributed by atoms with van der Waals surface area (Å²) >= 11 is -2.97. The van der Waals surface area contributed by atoms with Crippen molar-refractivity contribution in [2.75, 3.05) is 13.2 Å². The number of phosphoric acid groups is 1. The molecule has 0 heterocycles. The van der Waals surface area contributed by atoms with Gasteiger partial charge in [-0.2, -0.15) is 3.97 Å². The second-order valence-electron chi connectivity index (χ2n) is 1.89. The fourth-order valence-electron chi connectivity index (χ4n) is 0.443. The van der Waals surface area contributed by atoms with Crippen molar-refractivity contribution in [1.29, 1.82) is 0 Å². The van der Waals surface area contributed by atoms with E-state index in [1.165, 1.54) is 12.2 Å².